The Morgan fingerprint density at radius 1 is 1.37 bits per heavy atom. The topological polar surface area (TPSA) is 61.6 Å². The third-order valence-electron chi connectivity index (χ3n) is 2.93. The van der Waals surface area contributed by atoms with E-state index in [1.807, 2.05) is 0 Å². The van der Waals surface area contributed by atoms with Gasteiger partial charge < -0.3 is 13.9 Å². The third kappa shape index (κ3) is 3.80. The van der Waals surface area contributed by atoms with Crippen molar-refractivity contribution in [3.8, 4) is 0 Å². The molecule has 1 aromatic heterocycles. The molecule has 5 nitrogen and oxygen atoms in total. The molecular weight excluding hydrogens is 246 g/mol. The molecule has 5 heteroatoms. The maximum absolute atomic E-state index is 11.8. The van der Waals surface area contributed by atoms with Gasteiger partial charge in [-0.05, 0) is 26.2 Å². The Morgan fingerprint density at radius 2 is 2.16 bits per heavy atom. The summed E-state index contributed by atoms with van der Waals surface area (Å²) in [5.41, 5.74) is 0.768. The van der Waals surface area contributed by atoms with Gasteiger partial charge in [0, 0.05) is 18.9 Å². The van der Waals surface area contributed by atoms with Crippen molar-refractivity contribution in [1.29, 1.82) is 0 Å². The number of carbonyl (C=O) groups excluding carboxylic acids is 1. The fraction of sp³-hybridized carbons (Fsp3) is 0.714. The Hall–Kier alpha value is -1.36. The maximum atomic E-state index is 11.8. The van der Waals surface area contributed by atoms with E-state index in [0.29, 0.717) is 31.4 Å². The highest BCUT2D eigenvalue weighted by Crippen LogP contribution is 2.41. The highest BCUT2D eigenvalue weighted by Gasteiger charge is 2.34. The number of rotatable bonds is 8. The fourth-order valence-electron chi connectivity index (χ4n) is 1.87. The fourth-order valence-corrected chi connectivity index (χ4v) is 1.87. The molecule has 0 radical (unpaired) electrons. The molecule has 0 amide bonds. The third-order valence-corrected chi connectivity index (χ3v) is 2.93. The minimum Gasteiger partial charge on any atom is -0.460 e. The average molecular weight is 267 g/mol. The molecule has 0 saturated heterocycles. The van der Waals surface area contributed by atoms with Gasteiger partial charge in [0.25, 0.3) is 0 Å². The van der Waals surface area contributed by atoms with Crippen molar-refractivity contribution in [1.82, 2.24) is 4.98 Å². The molecule has 1 saturated carbocycles. The van der Waals surface area contributed by atoms with Gasteiger partial charge in [-0.1, -0.05) is 6.92 Å². The molecule has 0 aliphatic heterocycles. The van der Waals surface area contributed by atoms with Crippen molar-refractivity contribution in [2.24, 2.45) is 0 Å². The number of aromatic nitrogens is 1. The molecule has 1 aliphatic rings. The van der Waals surface area contributed by atoms with Gasteiger partial charge in [-0.25, -0.2) is 9.78 Å². The molecule has 106 valence electrons. The van der Waals surface area contributed by atoms with Crippen LogP contribution in [0.3, 0.4) is 0 Å². The van der Waals surface area contributed by atoms with Crippen molar-refractivity contribution in [2.75, 3.05) is 19.8 Å². The minimum absolute atomic E-state index is 0.287. The van der Waals surface area contributed by atoms with E-state index in [9.17, 15) is 4.79 Å². The Morgan fingerprint density at radius 3 is 2.79 bits per heavy atom. The molecule has 1 heterocycles. The Labute approximate surface area is 113 Å². The van der Waals surface area contributed by atoms with Crippen molar-refractivity contribution in [3.05, 3.63) is 17.3 Å². The first kappa shape index (κ1) is 14.1. The van der Waals surface area contributed by atoms with Gasteiger partial charge in [-0.15, -0.1) is 0 Å². The second kappa shape index (κ2) is 6.70. The van der Waals surface area contributed by atoms with Crippen molar-refractivity contribution >= 4 is 5.97 Å². The second-order valence-electron chi connectivity index (χ2n) is 4.68. The molecule has 1 aliphatic carbocycles. The molecule has 0 bridgehead atoms. The number of hydrogen-bond acceptors (Lipinski definition) is 5. The van der Waals surface area contributed by atoms with Gasteiger partial charge in [-0.3, -0.25) is 0 Å². The summed E-state index contributed by atoms with van der Waals surface area (Å²) < 4.78 is 15.9. The zero-order valence-corrected chi connectivity index (χ0v) is 11.6. The molecule has 0 atom stereocenters. The Kier molecular flexibility index (Phi) is 4.96. The Balaban J connectivity index is 2.00. The highest BCUT2D eigenvalue weighted by molar-refractivity contribution is 5.87. The molecular formula is C14H21NO4. The number of carbonyl (C=O) groups is 1. The summed E-state index contributed by atoms with van der Waals surface area (Å²) in [5, 5.41) is 0. The van der Waals surface area contributed by atoms with E-state index in [-0.39, 0.29) is 5.76 Å². The molecule has 19 heavy (non-hydrogen) atoms. The summed E-state index contributed by atoms with van der Waals surface area (Å²) in [4.78, 5) is 16.2. The second-order valence-corrected chi connectivity index (χ2v) is 4.68. The standard InChI is InChI=1S/C14H21NO4/c1-3-8-17-9-7-11-15-12(10-5-6-10)13(19-11)14(16)18-4-2/h10H,3-9H2,1-2H3. The average Bonchev–Trinajstić information content (AvgIpc) is 3.16. The molecule has 0 unspecified atom stereocenters. The number of ether oxygens (including phenoxy) is 2. The van der Waals surface area contributed by atoms with Crippen molar-refractivity contribution in [3.63, 3.8) is 0 Å². The van der Waals surface area contributed by atoms with Crippen LogP contribution in [0, 0.1) is 0 Å². The van der Waals surface area contributed by atoms with Gasteiger partial charge in [0.1, 0.15) is 0 Å². The summed E-state index contributed by atoms with van der Waals surface area (Å²) in [6.07, 6.45) is 3.74. The number of nitrogens with zero attached hydrogens (tertiary/aromatic N) is 1. The number of hydrogen-bond donors (Lipinski definition) is 0. The predicted octanol–water partition coefficient (Wildman–Crippen LogP) is 2.70. The zero-order valence-electron chi connectivity index (χ0n) is 11.6. The lowest BCUT2D eigenvalue weighted by Crippen LogP contribution is -2.05. The van der Waals surface area contributed by atoms with E-state index in [1.165, 1.54) is 0 Å². The van der Waals surface area contributed by atoms with E-state index in [4.69, 9.17) is 13.9 Å². The summed E-state index contributed by atoms with van der Waals surface area (Å²) in [6.45, 7) is 5.50. The smallest absolute Gasteiger partial charge is 0.376 e. The van der Waals surface area contributed by atoms with Crippen LogP contribution in [0.2, 0.25) is 0 Å². The van der Waals surface area contributed by atoms with E-state index in [1.54, 1.807) is 6.92 Å². The van der Waals surface area contributed by atoms with E-state index < -0.39 is 5.97 Å². The molecule has 2 rings (SSSR count). The van der Waals surface area contributed by atoms with Gasteiger partial charge in [0.15, 0.2) is 5.89 Å². The normalized spacial score (nSPS) is 14.6. The van der Waals surface area contributed by atoms with Gasteiger partial charge in [0.05, 0.1) is 18.9 Å². The maximum Gasteiger partial charge on any atom is 0.376 e. The minimum atomic E-state index is -0.405. The predicted molar refractivity (Wildman–Crippen MR) is 69.2 cm³/mol. The lowest BCUT2D eigenvalue weighted by molar-refractivity contribution is 0.0484. The highest BCUT2D eigenvalue weighted by atomic mass is 16.5. The van der Waals surface area contributed by atoms with Crippen LogP contribution in [0.5, 0.6) is 0 Å². The largest absolute Gasteiger partial charge is 0.460 e. The lowest BCUT2D eigenvalue weighted by atomic mass is 10.2. The number of esters is 1. The van der Waals surface area contributed by atoms with Gasteiger partial charge in [-0.2, -0.15) is 0 Å². The zero-order chi connectivity index (χ0) is 13.7. The van der Waals surface area contributed by atoms with Crippen LogP contribution in [-0.4, -0.2) is 30.8 Å². The SMILES string of the molecule is CCCOCCc1nc(C2CC2)c(C(=O)OCC)o1. The van der Waals surface area contributed by atoms with E-state index in [0.717, 1.165) is 31.6 Å². The Bertz CT molecular complexity index is 423. The van der Waals surface area contributed by atoms with Crippen LogP contribution in [0.4, 0.5) is 0 Å². The summed E-state index contributed by atoms with van der Waals surface area (Å²) in [5.74, 6) is 0.821. The van der Waals surface area contributed by atoms with Crippen LogP contribution in [0.15, 0.2) is 4.42 Å². The first-order valence-corrected chi connectivity index (χ1v) is 7.00. The summed E-state index contributed by atoms with van der Waals surface area (Å²) in [7, 11) is 0. The molecule has 0 spiro atoms. The molecule has 0 aromatic carbocycles. The molecule has 1 aromatic rings. The van der Waals surface area contributed by atoms with Crippen LogP contribution in [-0.2, 0) is 15.9 Å². The van der Waals surface area contributed by atoms with E-state index >= 15 is 0 Å². The van der Waals surface area contributed by atoms with E-state index in [2.05, 4.69) is 11.9 Å². The van der Waals surface area contributed by atoms with Crippen molar-refractivity contribution in [2.45, 2.75) is 45.4 Å². The van der Waals surface area contributed by atoms with Crippen LogP contribution < -0.4 is 0 Å². The number of oxazole rings is 1. The molecule has 1 fully saturated rings. The summed E-state index contributed by atoms with van der Waals surface area (Å²) in [6, 6.07) is 0. The monoisotopic (exact) mass is 267 g/mol. The lowest BCUT2D eigenvalue weighted by Gasteiger charge is -1.99. The first-order chi connectivity index (χ1) is 9.26. The van der Waals surface area contributed by atoms with Crippen LogP contribution in [0.1, 0.15) is 61.2 Å². The molecule has 0 N–H and O–H groups in total. The van der Waals surface area contributed by atoms with Gasteiger partial charge in [0.2, 0.25) is 5.76 Å². The first-order valence-electron chi connectivity index (χ1n) is 7.00. The quantitative estimate of drug-likeness (QED) is 0.535. The van der Waals surface area contributed by atoms with Gasteiger partial charge >= 0.3 is 5.97 Å². The van der Waals surface area contributed by atoms with Crippen molar-refractivity contribution < 1.29 is 18.7 Å². The van der Waals surface area contributed by atoms with Crippen LogP contribution in [0.25, 0.3) is 0 Å². The van der Waals surface area contributed by atoms with Crippen LogP contribution >= 0.6 is 0 Å². The summed E-state index contributed by atoms with van der Waals surface area (Å²) >= 11 is 0.